The molecule has 1 N–H and O–H groups in total. The summed E-state index contributed by atoms with van der Waals surface area (Å²) < 4.78 is 18.2. The summed E-state index contributed by atoms with van der Waals surface area (Å²) in [5, 5.41) is 9.01. The van der Waals surface area contributed by atoms with Crippen LogP contribution in [0.5, 0.6) is 5.75 Å². The monoisotopic (exact) mass is 227 g/mol. The second-order valence-corrected chi connectivity index (χ2v) is 3.38. The van der Waals surface area contributed by atoms with Crippen LogP contribution in [0.15, 0.2) is 18.2 Å². The van der Waals surface area contributed by atoms with Gasteiger partial charge in [-0.2, -0.15) is 0 Å². The van der Waals surface area contributed by atoms with Gasteiger partial charge in [-0.3, -0.25) is 4.79 Å². The van der Waals surface area contributed by atoms with Crippen molar-refractivity contribution in [2.45, 2.75) is 0 Å². The first-order chi connectivity index (χ1) is 7.56. The molecule has 0 aromatic heterocycles. The van der Waals surface area contributed by atoms with Gasteiger partial charge in [0.1, 0.15) is 11.6 Å². The van der Waals surface area contributed by atoms with Crippen molar-refractivity contribution < 1.29 is 19.0 Å². The summed E-state index contributed by atoms with van der Waals surface area (Å²) >= 11 is 0. The average Bonchev–Trinajstić information content (AvgIpc) is 2.25. The molecule has 1 amide bonds. The number of rotatable bonds is 4. The lowest BCUT2D eigenvalue weighted by molar-refractivity contribution is 0.0739. The number of methoxy groups -OCH3 is 1. The maximum Gasteiger partial charge on any atom is 0.256 e. The van der Waals surface area contributed by atoms with Crippen molar-refractivity contribution in [2.24, 2.45) is 0 Å². The number of benzene rings is 1. The zero-order valence-corrected chi connectivity index (χ0v) is 9.24. The maximum absolute atomic E-state index is 13.3. The normalized spacial score (nSPS) is 10.2. The number of halogens is 1. The van der Waals surface area contributed by atoms with Crippen LogP contribution in [0.2, 0.25) is 0 Å². The highest BCUT2D eigenvalue weighted by Gasteiger charge is 2.15. The van der Waals surface area contributed by atoms with Gasteiger partial charge in [-0.15, -0.1) is 0 Å². The van der Waals surface area contributed by atoms with Crippen LogP contribution in [0.4, 0.5) is 4.39 Å². The molecular weight excluding hydrogens is 213 g/mol. The molecule has 0 heterocycles. The van der Waals surface area contributed by atoms with E-state index in [1.54, 1.807) is 7.05 Å². The Hall–Kier alpha value is -1.62. The fourth-order valence-corrected chi connectivity index (χ4v) is 1.21. The van der Waals surface area contributed by atoms with Crippen molar-refractivity contribution in [1.82, 2.24) is 4.90 Å². The summed E-state index contributed by atoms with van der Waals surface area (Å²) in [4.78, 5) is 13.1. The summed E-state index contributed by atoms with van der Waals surface area (Å²) in [7, 11) is 3.09. The third-order valence-electron chi connectivity index (χ3n) is 2.16. The first kappa shape index (κ1) is 12.4. The summed E-state index contributed by atoms with van der Waals surface area (Å²) in [6.45, 7) is 0.775. The summed E-state index contributed by atoms with van der Waals surface area (Å²) in [5.74, 6) is -1.36. The number of nitrogens with zero attached hydrogens (tertiary/aromatic N) is 1. The first-order valence-corrected chi connectivity index (χ1v) is 4.79. The van der Waals surface area contributed by atoms with Gasteiger partial charge in [-0.1, -0.05) is 0 Å². The quantitative estimate of drug-likeness (QED) is 0.842. The second kappa shape index (κ2) is 5.46. The van der Waals surface area contributed by atoms with Crippen LogP contribution in [-0.4, -0.2) is 43.2 Å². The number of ether oxygens (including phenoxy) is 1. The Bertz CT molecular complexity index is 381. The highest BCUT2D eigenvalue weighted by Crippen LogP contribution is 2.16. The Kier molecular flexibility index (Phi) is 4.25. The van der Waals surface area contributed by atoms with Crippen LogP contribution in [0.3, 0.4) is 0 Å². The number of carbonyl (C=O) groups excluding carboxylic acids is 1. The van der Waals surface area contributed by atoms with Crippen molar-refractivity contribution in [3.8, 4) is 5.75 Å². The van der Waals surface area contributed by atoms with Crippen LogP contribution in [-0.2, 0) is 4.74 Å². The van der Waals surface area contributed by atoms with E-state index in [0.717, 1.165) is 6.07 Å². The predicted octanol–water partition coefficient (Wildman–Crippen LogP) is 1.25. The molecule has 16 heavy (non-hydrogen) atoms. The highest BCUT2D eigenvalue weighted by atomic mass is 19.1. The van der Waals surface area contributed by atoms with Gasteiger partial charge in [0.05, 0.1) is 12.2 Å². The zero-order valence-electron chi connectivity index (χ0n) is 9.24. The Labute approximate surface area is 93.3 Å². The molecule has 1 aromatic rings. The highest BCUT2D eigenvalue weighted by molar-refractivity contribution is 5.94. The number of amides is 1. The third-order valence-corrected chi connectivity index (χ3v) is 2.16. The molecule has 0 atom stereocenters. The van der Waals surface area contributed by atoms with Crippen LogP contribution >= 0.6 is 0 Å². The number of phenolic OH excluding ortho intramolecular Hbond substituents is 1. The third kappa shape index (κ3) is 2.93. The molecule has 0 radical (unpaired) electrons. The van der Waals surface area contributed by atoms with E-state index >= 15 is 0 Å². The minimum Gasteiger partial charge on any atom is -0.508 e. The largest absolute Gasteiger partial charge is 0.508 e. The molecule has 0 spiro atoms. The maximum atomic E-state index is 13.3. The standard InChI is InChI=1S/C11H14FNO3/c1-13(5-6-16-2)11(15)9-4-3-8(14)7-10(9)12/h3-4,7,14H,5-6H2,1-2H3. The molecule has 0 aliphatic heterocycles. The molecule has 1 rings (SSSR count). The molecule has 0 saturated carbocycles. The molecule has 0 unspecified atom stereocenters. The molecule has 88 valence electrons. The van der Waals surface area contributed by atoms with E-state index in [1.165, 1.54) is 24.1 Å². The van der Waals surface area contributed by atoms with Crippen molar-refractivity contribution in [3.63, 3.8) is 0 Å². The van der Waals surface area contributed by atoms with Gasteiger partial charge in [0.25, 0.3) is 5.91 Å². The summed E-state index contributed by atoms with van der Waals surface area (Å²) in [6, 6.07) is 3.45. The van der Waals surface area contributed by atoms with Crippen molar-refractivity contribution in [2.75, 3.05) is 27.3 Å². The van der Waals surface area contributed by atoms with E-state index in [0.29, 0.717) is 13.2 Å². The minimum atomic E-state index is -0.728. The van der Waals surface area contributed by atoms with Gasteiger partial charge in [-0.05, 0) is 12.1 Å². The van der Waals surface area contributed by atoms with E-state index in [4.69, 9.17) is 9.84 Å². The van der Waals surface area contributed by atoms with Crippen LogP contribution in [0.1, 0.15) is 10.4 Å². The molecule has 0 aliphatic rings. The van der Waals surface area contributed by atoms with Crippen LogP contribution in [0.25, 0.3) is 0 Å². The SMILES string of the molecule is COCCN(C)C(=O)c1ccc(O)cc1F. The zero-order chi connectivity index (χ0) is 12.1. The van der Waals surface area contributed by atoms with Gasteiger partial charge in [0.2, 0.25) is 0 Å². The van der Waals surface area contributed by atoms with Crippen LogP contribution < -0.4 is 0 Å². The predicted molar refractivity (Wildman–Crippen MR) is 56.9 cm³/mol. The molecule has 1 aromatic carbocycles. The lowest BCUT2D eigenvalue weighted by Gasteiger charge is -2.16. The lowest BCUT2D eigenvalue weighted by atomic mass is 10.2. The topological polar surface area (TPSA) is 49.8 Å². The molecule has 0 bridgehead atoms. The second-order valence-electron chi connectivity index (χ2n) is 3.38. The molecule has 0 saturated heterocycles. The number of carbonyl (C=O) groups is 1. The van der Waals surface area contributed by atoms with Crippen LogP contribution in [0, 0.1) is 5.82 Å². The van der Waals surface area contributed by atoms with E-state index in [2.05, 4.69) is 0 Å². The number of aromatic hydroxyl groups is 1. The smallest absolute Gasteiger partial charge is 0.256 e. The van der Waals surface area contributed by atoms with Gasteiger partial charge in [0.15, 0.2) is 0 Å². The fraction of sp³-hybridized carbons (Fsp3) is 0.364. The fourth-order valence-electron chi connectivity index (χ4n) is 1.21. The van der Waals surface area contributed by atoms with E-state index < -0.39 is 11.7 Å². The Morgan fingerprint density at radius 3 is 2.81 bits per heavy atom. The lowest BCUT2D eigenvalue weighted by Crippen LogP contribution is -2.30. The average molecular weight is 227 g/mol. The van der Waals surface area contributed by atoms with Crippen molar-refractivity contribution >= 4 is 5.91 Å². The minimum absolute atomic E-state index is 0.0589. The van der Waals surface area contributed by atoms with E-state index in [-0.39, 0.29) is 11.3 Å². The van der Waals surface area contributed by atoms with Gasteiger partial charge in [-0.25, -0.2) is 4.39 Å². The number of hydrogen-bond acceptors (Lipinski definition) is 3. The molecule has 4 nitrogen and oxygen atoms in total. The van der Waals surface area contributed by atoms with E-state index in [1.807, 2.05) is 0 Å². The van der Waals surface area contributed by atoms with E-state index in [9.17, 15) is 9.18 Å². The van der Waals surface area contributed by atoms with Gasteiger partial charge in [0, 0.05) is 26.8 Å². The Balaban J connectivity index is 2.79. The number of hydrogen-bond donors (Lipinski definition) is 1. The molecule has 5 heteroatoms. The number of likely N-dealkylation sites (N-methyl/N-ethyl adjacent to an activating group) is 1. The molecule has 0 fully saturated rings. The molecular formula is C11H14FNO3. The Morgan fingerprint density at radius 2 is 2.25 bits per heavy atom. The summed E-state index contributed by atoms with van der Waals surface area (Å²) in [5.41, 5.74) is -0.0589. The Morgan fingerprint density at radius 1 is 1.56 bits per heavy atom. The first-order valence-electron chi connectivity index (χ1n) is 4.79. The van der Waals surface area contributed by atoms with Crippen molar-refractivity contribution in [3.05, 3.63) is 29.6 Å². The summed E-state index contributed by atoms with van der Waals surface area (Å²) in [6.07, 6.45) is 0. The number of phenols is 1. The van der Waals surface area contributed by atoms with Crippen molar-refractivity contribution in [1.29, 1.82) is 0 Å². The van der Waals surface area contributed by atoms with Gasteiger partial charge < -0.3 is 14.7 Å². The van der Waals surface area contributed by atoms with Gasteiger partial charge >= 0.3 is 0 Å². The molecule has 0 aliphatic carbocycles.